The van der Waals surface area contributed by atoms with Crippen LogP contribution >= 0.6 is 11.6 Å². The fourth-order valence-corrected chi connectivity index (χ4v) is 3.32. The number of halogens is 1. The number of piperidine rings is 1. The first-order valence-electron chi connectivity index (χ1n) is 8.82. The minimum atomic E-state index is 0.214. The van der Waals surface area contributed by atoms with E-state index in [1.54, 1.807) is 0 Å². The summed E-state index contributed by atoms with van der Waals surface area (Å²) in [6, 6.07) is 15.5. The van der Waals surface area contributed by atoms with E-state index in [4.69, 9.17) is 20.9 Å². The first kappa shape index (κ1) is 17.1. The Labute approximate surface area is 157 Å². The highest BCUT2D eigenvalue weighted by Gasteiger charge is 2.19. The van der Waals surface area contributed by atoms with Crippen LogP contribution in [0, 0.1) is 0 Å². The fraction of sp³-hybridized carbons (Fsp3) is 0.300. The van der Waals surface area contributed by atoms with Crippen molar-refractivity contribution in [2.75, 3.05) is 13.1 Å². The topological polar surface area (TPSA) is 60.2 Å². The molecular weight excluding hydrogens is 350 g/mol. The van der Waals surface area contributed by atoms with Gasteiger partial charge in [0.05, 0.1) is 5.56 Å². The molecule has 26 heavy (non-hydrogen) atoms. The number of ether oxygens (including phenoxy) is 1. The molecule has 1 saturated heterocycles. The Balaban J connectivity index is 1.53. The first-order chi connectivity index (χ1) is 12.8. The van der Waals surface area contributed by atoms with Crippen molar-refractivity contribution in [1.82, 2.24) is 15.5 Å². The third-order valence-corrected chi connectivity index (χ3v) is 4.65. The van der Waals surface area contributed by atoms with Gasteiger partial charge in [-0.1, -0.05) is 41.0 Å². The van der Waals surface area contributed by atoms with Crippen LogP contribution in [0.3, 0.4) is 0 Å². The summed E-state index contributed by atoms with van der Waals surface area (Å²) in [6.07, 6.45) is 2.78. The van der Waals surface area contributed by atoms with Crippen LogP contribution in [0.1, 0.15) is 24.2 Å². The Morgan fingerprint density at radius 1 is 1.12 bits per heavy atom. The summed E-state index contributed by atoms with van der Waals surface area (Å²) >= 11 is 6.04. The third-order valence-electron chi connectivity index (χ3n) is 4.42. The second-order valence-corrected chi connectivity index (χ2v) is 6.82. The summed E-state index contributed by atoms with van der Waals surface area (Å²) in [6.45, 7) is 1.97. The molecule has 0 radical (unpaired) electrons. The zero-order valence-electron chi connectivity index (χ0n) is 14.3. The standard InChI is InChI=1S/C20H20ClN3O2/c21-15-5-3-4-14(12-15)13-19-23-20(26-24-19)17-6-1-2-7-18(17)25-16-8-10-22-11-9-16/h1-7,12,16,22H,8-11,13H2. The number of aromatic nitrogens is 2. The molecule has 6 heteroatoms. The van der Waals surface area contributed by atoms with Gasteiger partial charge in [0, 0.05) is 11.4 Å². The predicted octanol–water partition coefficient (Wildman–Crippen LogP) is 4.11. The maximum atomic E-state index is 6.20. The first-order valence-corrected chi connectivity index (χ1v) is 9.19. The smallest absolute Gasteiger partial charge is 0.261 e. The fourth-order valence-electron chi connectivity index (χ4n) is 3.10. The van der Waals surface area contributed by atoms with Crippen LogP contribution in [0.2, 0.25) is 5.02 Å². The van der Waals surface area contributed by atoms with Gasteiger partial charge in [-0.05, 0) is 55.8 Å². The number of nitrogens with one attached hydrogen (secondary N) is 1. The number of nitrogens with zero attached hydrogens (tertiary/aromatic N) is 2. The van der Waals surface area contributed by atoms with Crippen molar-refractivity contribution in [3.8, 4) is 17.2 Å². The lowest BCUT2D eigenvalue weighted by Crippen LogP contribution is -2.34. The molecule has 1 fully saturated rings. The minimum absolute atomic E-state index is 0.214. The second kappa shape index (κ2) is 7.89. The van der Waals surface area contributed by atoms with Gasteiger partial charge in [0.25, 0.3) is 5.89 Å². The van der Waals surface area contributed by atoms with E-state index >= 15 is 0 Å². The van der Waals surface area contributed by atoms with Gasteiger partial charge >= 0.3 is 0 Å². The molecular formula is C20H20ClN3O2. The highest BCUT2D eigenvalue weighted by molar-refractivity contribution is 6.30. The molecule has 0 bridgehead atoms. The van der Waals surface area contributed by atoms with Gasteiger partial charge in [-0.3, -0.25) is 0 Å². The minimum Gasteiger partial charge on any atom is -0.489 e. The number of hydrogen-bond donors (Lipinski definition) is 1. The summed E-state index contributed by atoms with van der Waals surface area (Å²) in [5, 5.41) is 8.16. The van der Waals surface area contributed by atoms with Gasteiger partial charge in [0.2, 0.25) is 0 Å². The average molecular weight is 370 g/mol. The molecule has 134 valence electrons. The molecule has 3 aromatic rings. The lowest BCUT2D eigenvalue weighted by Gasteiger charge is -2.24. The van der Waals surface area contributed by atoms with Crippen molar-refractivity contribution in [3.63, 3.8) is 0 Å². The van der Waals surface area contributed by atoms with Crippen LogP contribution in [-0.2, 0) is 6.42 Å². The highest BCUT2D eigenvalue weighted by Crippen LogP contribution is 2.30. The molecule has 0 amide bonds. The molecule has 4 rings (SSSR count). The Hall–Kier alpha value is -2.37. The van der Waals surface area contributed by atoms with E-state index in [2.05, 4.69) is 15.5 Å². The molecule has 1 aliphatic rings. The van der Waals surface area contributed by atoms with Crippen molar-refractivity contribution >= 4 is 11.6 Å². The van der Waals surface area contributed by atoms with E-state index in [9.17, 15) is 0 Å². The summed E-state index contributed by atoms with van der Waals surface area (Å²) in [5.74, 6) is 1.89. The lowest BCUT2D eigenvalue weighted by molar-refractivity contribution is 0.163. The molecule has 1 N–H and O–H groups in total. The van der Waals surface area contributed by atoms with Crippen molar-refractivity contribution in [2.45, 2.75) is 25.4 Å². The van der Waals surface area contributed by atoms with E-state index in [0.717, 1.165) is 42.8 Å². The summed E-state index contributed by atoms with van der Waals surface area (Å²) in [4.78, 5) is 4.55. The van der Waals surface area contributed by atoms with Crippen molar-refractivity contribution in [2.24, 2.45) is 0 Å². The van der Waals surface area contributed by atoms with Crippen molar-refractivity contribution in [3.05, 3.63) is 64.9 Å². The molecule has 2 aromatic carbocycles. The van der Waals surface area contributed by atoms with E-state index < -0.39 is 0 Å². The van der Waals surface area contributed by atoms with Gasteiger partial charge in [-0.15, -0.1) is 0 Å². The van der Waals surface area contributed by atoms with Gasteiger partial charge in [0.1, 0.15) is 11.9 Å². The normalized spacial score (nSPS) is 15.1. The van der Waals surface area contributed by atoms with Gasteiger partial charge in [-0.25, -0.2) is 0 Å². The highest BCUT2D eigenvalue weighted by atomic mass is 35.5. The van der Waals surface area contributed by atoms with E-state index in [-0.39, 0.29) is 6.10 Å². The molecule has 0 spiro atoms. The van der Waals surface area contributed by atoms with Gasteiger partial charge in [-0.2, -0.15) is 4.98 Å². The third kappa shape index (κ3) is 4.06. The van der Waals surface area contributed by atoms with Crippen LogP contribution in [0.4, 0.5) is 0 Å². The quantitative estimate of drug-likeness (QED) is 0.733. The Kier molecular flexibility index (Phi) is 5.18. The lowest BCUT2D eigenvalue weighted by atomic mass is 10.1. The van der Waals surface area contributed by atoms with Gasteiger partial charge < -0.3 is 14.6 Å². The maximum absolute atomic E-state index is 6.20. The Morgan fingerprint density at radius 3 is 2.81 bits per heavy atom. The van der Waals surface area contributed by atoms with E-state index in [1.165, 1.54) is 0 Å². The SMILES string of the molecule is Clc1cccc(Cc2noc(-c3ccccc3OC3CCNCC3)n2)c1. The molecule has 5 nitrogen and oxygen atoms in total. The second-order valence-electron chi connectivity index (χ2n) is 6.39. The Bertz CT molecular complexity index is 875. The largest absolute Gasteiger partial charge is 0.489 e. The van der Waals surface area contributed by atoms with Crippen LogP contribution in [0.5, 0.6) is 5.75 Å². The summed E-state index contributed by atoms with van der Waals surface area (Å²) in [7, 11) is 0. The molecule has 0 atom stereocenters. The molecule has 0 unspecified atom stereocenters. The predicted molar refractivity (Wildman–Crippen MR) is 101 cm³/mol. The van der Waals surface area contributed by atoms with Crippen molar-refractivity contribution < 1.29 is 9.26 Å². The van der Waals surface area contributed by atoms with Crippen LogP contribution in [0.25, 0.3) is 11.5 Å². The number of rotatable bonds is 5. The molecule has 0 saturated carbocycles. The summed E-state index contributed by atoms with van der Waals surface area (Å²) < 4.78 is 11.7. The van der Waals surface area contributed by atoms with Gasteiger partial charge in [0.15, 0.2) is 5.82 Å². The zero-order valence-corrected chi connectivity index (χ0v) is 15.1. The number of para-hydroxylation sites is 1. The summed E-state index contributed by atoms with van der Waals surface area (Å²) in [5.41, 5.74) is 1.87. The van der Waals surface area contributed by atoms with Crippen LogP contribution in [0.15, 0.2) is 53.1 Å². The number of benzene rings is 2. The van der Waals surface area contributed by atoms with Crippen LogP contribution in [-0.4, -0.2) is 29.3 Å². The van der Waals surface area contributed by atoms with Crippen molar-refractivity contribution in [1.29, 1.82) is 0 Å². The maximum Gasteiger partial charge on any atom is 0.261 e. The molecule has 2 heterocycles. The average Bonchev–Trinajstić information content (AvgIpc) is 3.11. The van der Waals surface area contributed by atoms with Crippen LogP contribution < -0.4 is 10.1 Å². The zero-order chi connectivity index (χ0) is 17.8. The Morgan fingerprint density at radius 2 is 1.96 bits per heavy atom. The molecule has 0 aliphatic carbocycles. The molecule has 1 aliphatic heterocycles. The van der Waals surface area contributed by atoms with E-state index in [1.807, 2.05) is 48.5 Å². The monoisotopic (exact) mass is 369 g/mol. The number of hydrogen-bond acceptors (Lipinski definition) is 5. The molecule has 1 aromatic heterocycles. The van der Waals surface area contributed by atoms with E-state index in [0.29, 0.717) is 23.2 Å².